The molecule has 1 aromatic carbocycles. The summed E-state index contributed by atoms with van der Waals surface area (Å²) in [5.41, 5.74) is 3.73. The van der Waals surface area contributed by atoms with Crippen LogP contribution in [-0.4, -0.2) is 23.3 Å². The molecule has 2 N–H and O–H groups in total. The van der Waals surface area contributed by atoms with Gasteiger partial charge in [0.15, 0.2) is 0 Å². The normalized spacial score (nSPS) is 19.9. The topological polar surface area (TPSA) is 40.7 Å². The van der Waals surface area contributed by atoms with E-state index in [1.165, 1.54) is 29.7 Å². The summed E-state index contributed by atoms with van der Waals surface area (Å²) in [4.78, 5) is 0. The molecule has 1 fully saturated rings. The number of hydrogen-bond donors (Lipinski definition) is 2. The highest BCUT2D eigenvalue weighted by Crippen LogP contribution is 2.31. The number of hydrogen-bond acceptors (Lipinski definition) is 2. The van der Waals surface area contributed by atoms with Gasteiger partial charge in [-0.1, -0.05) is 28.1 Å². The van der Waals surface area contributed by atoms with Crippen molar-refractivity contribution in [3.05, 3.63) is 40.6 Å². The minimum atomic E-state index is 0.555. The Morgan fingerprint density at radius 1 is 1.22 bits per heavy atom. The molecule has 2 heterocycles. The predicted octanol–water partition coefficient (Wildman–Crippen LogP) is 3.31. The molecule has 1 aliphatic heterocycles. The summed E-state index contributed by atoms with van der Waals surface area (Å²) in [5.74, 6) is 0.555. The number of benzene rings is 1. The number of aromatic nitrogens is 2. The van der Waals surface area contributed by atoms with E-state index in [0.29, 0.717) is 5.92 Å². The van der Waals surface area contributed by atoms with Gasteiger partial charge in [-0.3, -0.25) is 5.10 Å². The molecule has 0 bridgehead atoms. The average Bonchev–Trinajstić information content (AvgIpc) is 2.90. The fraction of sp³-hybridized carbons (Fsp3) is 0.357. The minimum Gasteiger partial charge on any atom is -0.316 e. The quantitative estimate of drug-likeness (QED) is 0.894. The smallest absolute Gasteiger partial charge is 0.0568 e. The molecular formula is C14H16BrN3. The first-order chi connectivity index (χ1) is 8.84. The minimum absolute atomic E-state index is 0.555. The second-order valence-corrected chi connectivity index (χ2v) is 5.66. The summed E-state index contributed by atoms with van der Waals surface area (Å²) in [7, 11) is 0. The van der Waals surface area contributed by atoms with Gasteiger partial charge in [-0.05, 0) is 37.1 Å². The van der Waals surface area contributed by atoms with Crippen LogP contribution in [0.15, 0.2) is 34.9 Å². The van der Waals surface area contributed by atoms with Crippen LogP contribution < -0.4 is 5.32 Å². The standard InChI is InChI=1S/C14H16BrN3/c15-12-5-3-10(4-6-12)13-9-17-18-14(13)11-2-1-7-16-8-11/h3-6,9,11,16H,1-2,7-8H2,(H,17,18). The zero-order chi connectivity index (χ0) is 12.4. The van der Waals surface area contributed by atoms with Gasteiger partial charge in [0.25, 0.3) is 0 Å². The van der Waals surface area contributed by atoms with Crippen LogP contribution in [0.4, 0.5) is 0 Å². The first kappa shape index (κ1) is 11.9. The Labute approximate surface area is 115 Å². The lowest BCUT2D eigenvalue weighted by Crippen LogP contribution is -2.28. The van der Waals surface area contributed by atoms with Crippen molar-refractivity contribution in [1.29, 1.82) is 0 Å². The van der Waals surface area contributed by atoms with Crippen molar-refractivity contribution in [2.75, 3.05) is 13.1 Å². The number of rotatable bonds is 2. The van der Waals surface area contributed by atoms with Crippen molar-refractivity contribution in [2.45, 2.75) is 18.8 Å². The van der Waals surface area contributed by atoms with Crippen molar-refractivity contribution < 1.29 is 0 Å². The Balaban J connectivity index is 1.93. The van der Waals surface area contributed by atoms with Gasteiger partial charge in [0.1, 0.15) is 0 Å². The van der Waals surface area contributed by atoms with Gasteiger partial charge in [0.05, 0.1) is 6.20 Å². The van der Waals surface area contributed by atoms with Gasteiger partial charge in [0, 0.05) is 28.2 Å². The Bertz CT molecular complexity index is 512. The molecule has 3 nitrogen and oxygen atoms in total. The number of H-pyrrole nitrogens is 1. The van der Waals surface area contributed by atoms with E-state index in [0.717, 1.165) is 17.6 Å². The van der Waals surface area contributed by atoms with E-state index in [1.54, 1.807) is 0 Å². The number of aromatic amines is 1. The highest BCUT2D eigenvalue weighted by Gasteiger charge is 2.20. The molecule has 2 aromatic rings. The van der Waals surface area contributed by atoms with E-state index in [2.05, 4.69) is 55.7 Å². The molecule has 1 unspecified atom stereocenters. The van der Waals surface area contributed by atoms with Gasteiger partial charge in [-0.2, -0.15) is 5.10 Å². The second-order valence-electron chi connectivity index (χ2n) is 4.75. The zero-order valence-electron chi connectivity index (χ0n) is 10.1. The Kier molecular flexibility index (Phi) is 3.48. The summed E-state index contributed by atoms with van der Waals surface area (Å²) < 4.78 is 1.11. The molecule has 0 spiro atoms. The molecule has 1 aliphatic rings. The second kappa shape index (κ2) is 5.24. The van der Waals surface area contributed by atoms with Crippen molar-refractivity contribution in [3.63, 3.8) is 0 Å². The highest BCUT2D eigenvalue weighted by atomic mass is 79.9. The molecule has 0 aliphatic carbocycles. The van der Waals surface area contributed by atoms with Crippen LogP contribution in [0, 0.1) is 0 Å². The molecule has 1 aromatic heterocycles. The van der Waals surface area contributed by atoms with Crippen LogP contribution in [0.1, 0.15) is 24.5 Å². The number of nitrogens with one attached hydrogen (secondary N) is 2. The van der Waals surface area contributed by atoms with Crippen molar-refractivity contribution >= 4 is 15.9 Å². The van der Waals surface area contributed by atoms with Crippen LogP contribution in [0.2, 0.25) is 0 Å². The first-order valence-corrected chi connectivity index (χ1v) is 7.14. The predicted molar refractivity (Wildman–Crippen MR) is 76.6 cm³/mol. The van der Waals surface area contributed by atoms with Gasteiger partial charge < -0.3 is 5.32 Å². The van der Waals surface area contributed by atoms with E-state index >= 15 is 0 Å². The molecule has 3 rings (SSSR count). The van der Waals surface area contributed by atoms with Crippen molar-refractivity contribution in [3.8, 4) is 11.1 Å². The molecule has 0 saturated carbocycles. The SMILES string of the molecule is Brc1ccc(-c2cn[nH]c2C2CCCNC2)cc1. The summed E-state index contributed by atoms with van der Waals surface area (Å²) in [6.07, 6.45) is 4.41. The van der Waals surface area contributed by atoms with Crippen molar-refractivity contribution in [1.82, 2.24) is 15.5 Å². The maximum Gasteiger partial charge on any atom is 0.0568 e. The average molecular weight is 306 g/mol. The molecule has 0 amide bonds. The molecule has 0 radical (unpaired) electrons. The fourth-order valence-electron chi connectivity index (χ4n) is 2.57. The number of nitrogens with zero attached hydrogens (tertiary/aromatic N) is 1. The Hall–Kier alpha value is -1.13. The third-order valence-electron chi connectivity index (χ3n) is 3.53. The maximum absolute atomic E-state index is 4.23. The Morgan fingerprint density at radius 2 is 2.06 bits per heavy atom. The molecule has 1 saturated heterocycles. The van der Waals surface area contributed by atoms with Crippen LogP contribution in [-0.2, 0) is 0 Å². The maximum atomic E-state index is 4.23. The van der Waals surface area contributed by atoms with Crippen molar-refractivity contribution in [2.24, 2.45) is 0 Å². The molecule has 94 valence electrons. The van der Waals surface area contributed by atoms with Crippen LogP contribution in [0.3, 0.4) is 0 Å². The monoisotopic (exact) mass is 305 g/mol. The molecule has 4 heteroatoms. The number of piperidine rings is 1. The summed E-state index contributed by atoms with van der Waals surface area (Å²) >= 11 is 3.47. The summed E-state index contributed by atoms with van der Waals surface area (Å²) in [6.45, 7) is 2.18. The molecular weight excluding hydrogens is 290 g/mol. The largest absolute Gasteiger partial charge is 0.316 e. The van der Waals surface area contributed by atoms with Crippen LogP contribution >= 0.6 is 15.9 Å². The van der Waals surface area contributed by atoms with E-state index in [4.69, 9.17) is 0 Å². The fourth-order valence-corrected chi connectivity index (χ4v) is 2.83. The molecule has 18 heavy (non-hydrogen) atoms. The van der Waals surface area contributed by atoms with Gasteiger partial charge in [-0.25, -0.2) is 0 Å². The lowest BCUT2D eigenvalue weighted by molar-refractivity contribution is 0.455. The summed E-state index contributed by atoms with van der Waals surface area (Å²) in [5, 5.41) is 10.9. The third kappa shape index (κ3) is 2.35. The van der Waals surface area contributed by atoms with Gasteiger partial charge in [0.2, 0.25) is 0 Å². The lowest BCUT2D eigenvalue weighted by Gasteiger charge is -2.22. The first-order valence-electron chi connectivity index (χ1n) is 6.34. The van der Waals surface area contributed by atoms with E-state index in [1.807, 2.05) is 6.20 Å². The Morgan fingerprint density at radius 3 is 2.78 bits per heavy atom. The molecule has 1 atom stereocenters. The lowest BCUT2D eigenvalue weighted by atomic mass is 9.91. The van der Waals surface area contributed by atoms with E-state index in [-0.39, 0.29) is 0 Å². The van der Waals surface area contributed by atoms with Gasteiger partial charge in [-0.15, -0.1) is 0 Å². The third-order valence-corrected chi connectivity index (χ3v) is 4.06. The number of halogens is 1. The summed E-state index contributed by atoms with van der Waals surface area (Å²) in [6, 6.07) is 8.42. The van der Waals surface area contributed by atoms with Crippen LogP contribution in [0.25, 0.3) is 11.1 Å². The van der Waals surface area contributed by atoms with E-state index in [9.17, 15) is 0 Å². The van der Waals surface area contributed by atoms with Crippen LogP contribution in [0.5, 0.6) is 0 Å². The highest BCUT2D eigenvalue weighted by molar-refractivity contribution is 9.10. The zero-order valence-corrected chi connectivity index (χ0v) is 11.7. The van der Waals surface area contributed by atoms with Gasteiger partial charge >= 0.3 is 0 Å². The van der Waals surface area contributed by atoms with E-state index < -0.39 is 0 Å².